The number of hydrogen-bond donors (Lipinski definition) is 1. The van der Waals surface area contributed by atoms with Crippen LogP contribution in [0.5, 0.6) is 5.75 Å². The first-order valence-electron chi connectivity index (χ1n) is 6.65. The maximum absolute atomic E-state index is 13.7. The largest absolute Gasteiger partial charge is 0.493 e. The first kappa shape index (κ1) is 15.5. The Morgan fingerprint density at radius 3 is 2.79 bits per heavy atom. The number of hydrogen-bond acceptors (Lipinski definition) is 2. The minimum Gasteiger partial charge on any atom is -0.493 e. The normalized spacial score (nSPS) is 10.2. The highest BCUT2D eigenvalue weighted by Crippen LogP contribution is 2.16. The lowest BCUT2D eigenvalue weighted by atomic mass is 10.1. The summed E-state index contributed by atoms with van der Waals surface area (Å²) in [6.45, 7) is 4.93. The molecule has 1 aromatic carbocycles. The molecule has 1 N–H and O–H groups in total. The molecular formula is C16H21FO2. The van der Waals surface area contributed by atoms with Crippen molar-refractivity contribution >= 4 is 0 Å². The van der Waals surface area contributed by atoms with Gasteiger partial charge in [0.15, 0.2) is 0 Å². The Kier molecular flexibility index (Phi) is 6.99. The van der Waals surface area contributed by atoms with Crippen LogP contribution in [0.2, 0.25) is 0 Å². The lowest BCUT2D eigenvalue weighted by molar-refractivity contribution is 0.296. The molecule has 0 heterocycles. The van der Waals surface area contributed by atoms with Crippen molar-refractivity contribution in [1.82, 2.24) is 0 Å². The van der Waals surface area contributed by atoms with Crippen molar-refractivity contribution in [3.05, 3.63) is 29.6 Å². The van der Waals surface area contributed by atoms with E-state index in [1.807, 2.05) is 0 Å². The van der Waals surface area contributed by atoms with Crippen molar-refractivity contribution in [3.8, 4) is 17.6 Å². The monoisotopic (exact) mass is 264 g/mol. The van der Waals surface area contributed by atoms with Crippen molar-refractivity contribution in [3.63, 3.8) is 0 Å². The molecule has 2 nitrogen and oxygen atoms in total. The zero-order chi connectivity index (χ0) is 14.1. The van der Waals surface area contributed by atoms with Crippen LogP contribution in [0.3, 0.4) is 0 Å². The second-order valence-corrected chi connectivity index (χ2v) is 4.80. The average Bonchev–Trinajstić information content (AvgIpc) is 2.37. The smallest absolute Gasteiger partial charge is 0.142 e. The van der Waals surface area contributed by atoms with Gasteiger partial charge in [-0.15, -0.1) is 0 Å². The van der Waals surface area contributed by atoms with E-state index in [1.165, 1.54) is 6.07 Å². The van der Waals surface area contributed by atoms with Crippen LogP contribution in [-0.2, 0) is 0 Å². The summed E-state index contributed by atoms with van der Waals surface area (Å²) in [6.07, 6.45) is 2.43. The van der Waals surface area contributed by atoms with E-state index < -0.39 is 0 Å². The van der Waals surface area contributed by atoms with Crippen LogP contribution in [0.15, 0.2) is 18.2 Å². The SMILES string of the molecule is CC(C)CCCOc1ccc(C#CCCO)c(F)c1. The lowest BCUT2D eigenvalue weighted by Crippen LogP contribution is -2.00. The Bertz CT molecular complexity index is 444. The van der Waals surface area contributed by atoms with E-state index in [0.717, 1.165) is 12.8 Å². The number of aliphatic hydroxyl groups is 1. The standard InChI is InChI=1S/C16H21FO2/c1-13(2)6-5-11-19-15-9-8-14(16(17)12-15)7-3-4-10-18/h8-9,12-13,18H,4-6,10-11H2,1-2H3. The molecule has 19 heavy (non-hydrogen) atoms. The molecule has 0 aliphatic rings. The van der Waals surface area contributed by atoms with E-state index in [4.69, 9.17) is 9.84 Å². The summed E-state index contributed by atoms with van der Waals surface area (Å²) < 4.78 is 19.2. The van der Waals surface area contributed by atoms with Crippen LogP contribution in [0.4, 0.5) is 4.39 Å². The second kappa shape index (κ2) is 8.55. The van der Waals surface area contributed by atoms with E-state index in [1.54, 1.807) is 12.1 Å². The van der Waals surface area contributed by atoms with Crippen LogP contribution in [0.1, 0.15) is 38.7 Å². The van der Waals surface area contributed by atoms with Gasteiger partial charge in [-0.25, -0.2) is 4.39 Å². The van der Waals surface area contributed by atoms with Gasteiger partial charge < -0.3 is 9.84 Å². The highest BCUT2D eigenvalue weighted by atomic mass is 19.1. The van der Waals surface area contributed by atoms with Gasteiger partial charge in [0, 0.05) is 12.5 Å². The average molecular weight is 264 g/mol. The molecule has 3 heteroatoms. The quantitative estimate of drug-likeness (QED) is 0.630. The zero-order valence-electron chi connectivity index (χ0n) is 11.6. The fraction of sp³-hybridized carbons (Fsp3) is 0.500. The van der Waals surface area contributed by atoms with E-state index in [-0.39, 0.29) is 12.4 Å². The highest BCUT2D eigenvalue weighted by Gasteiger charge is 2.02. The van der Waals surface area contributed by atoms with Gasteiger partial charge in [0.1, 0.15) is 11.6 Å². The molecule has 0 fully saturated rings. The number of rotatable bonds is 6. The molecule has 0 saturated heterocycles. The molecule has 0 atom stereocenters. The maximum atomic E-state index is 13.7. The van der Waals surface area contributed by atoms with Gasteiger partial charge in [-0.3, -0.25) is 0 Å². The van der Waals surface area contributed by atoms with Gasteiger partial charge in [0.2, 0.25) is 0 Å². The molecule has 0 aliphatic heterocycles. The molecule has 104 valence electrons. The van der Waals surface area contributed by atoms with E-state index in [0.29, 0.717) is 30.3 Å². The molecule has 0 aliphatic carbocycles. The van der Waals surface area contributed by atoms with Crippen molar-refractivity contribution in [2.24, 2.45) is 5.92 Å². The molecule has 0 radical (unpaired) electrons. The maximum Gasteiger partial charge on any atom is 0.142 e. The molecule has 0 amide bonds. The van der Waals surface area contributed by atoms with Crippen molar-refractivity contribution in [2.75, 3.05) is 13.2 Å². The summed E-state index contributed by atoms with van der Waals surface area (Å²) in [5.74, 6) is 6.19. The Balaban J connectivity index is 2.50. The number of aliphatic hydroxyl groups excluding tert-OH is 1. The van der Waals surface area contributed by atoms with Crippen molar-refractivity contribution < 1.29 is 14.2 Å². The van der Waals surface area contributed by atoms with Gasteiger partial charge in [-0.1, -0.05) is 25.7 Å². The minimum atomic E-state index is -0.383. The number of halogens is 1. The number of benzene rings is 1. The van der Waals surface area contributed by atoms with E-state index in [2.05, 4.69) is 25.7 Å². The van der Waals surface area contributed by atoms with Crippen LogP contribution >= 0.6 is 0 Å². The molecule has 1 rings (SSSR count). The van der Waals surface area contributed by atoms with Crippen molar-refractivity contribution in [2.45, 2.75) is 33.1 Å². The van der Waals surface area contributed by atoms with Gasteiger partial charge in [0.25, 0.3) is 0 Å². The third-order valence-corrected chi connectivity index (χ3v) is 2.59. The summed E-state index contributed by atoms with van der Waals surface area (Å²) in [4.78, 5) is 0. The molecular weight excluding hydrogens is 243 g/mol. The predicted molar refractivity (Wildman–Crippen MR) is 74.5 cm³/mol. The lowest BCUT2D eigenvalue weighted by Gasteiger charge is -2.08. The molecule has 0 spiro atoms. The third kappa shape index (κ3) is 6.26. The Labute approximate surface area is 114 Å². The summed E-state index contributed by atoms with van der Waals surface area (Å²) in [7, 11) is 0. The first-order chi connectivity index (χ1) is 9.13. The topological polar surface area (TPSA) is 29.5 Å². The molecule has 0 bridgehead atoms. The van der Waals surface area contributed by atoms with E-state index >= 15 is 0 Å². The van der Waals surface area contributed by atoms with Crippen LogP contribution < -0.4 is 4.74 Å². The highest BCUT2D eigenvalue weighted by molar-refractivity contribution is 5.39. The Morgan fingerprint density at radius 2 is 2.16 bits per heavy atom. The van der Waals surface area contributed by atoms with Crippen LogP contribution in [0.25, 0.3) is 0 Å². The molecule has 0 saturated carbocycles. The van der Waals surface area contributed by atoms with Crippen LogP contribution in [0, 0.1) is 23.6 Å². The molecule has 0 aromatic heterocycles. The minimum absolute atomic E-state index is 0.00827. The second-order valence-electron chi connectivity index (χ2n) is 4.80. The fourth-order valence-electron chi connectivity index (χ4n) is 1.58. The zero-order valence-corrected chi connectivity index (χ0v) is 11.6. The van der Waals surface area contributed by atoms with Crippen molar-refractivity contribution in [1.29, 1.82) is 0 Å². The summed E-state index contributed by atoms with van der Waals surface area (Å²) >= 11 is 0. The van der Waals surface area contributed by atoms with Gasteiger partial charge in [-0.05, 0) is 30.9 Å². The Morgan fingerprint density at radius 1 is 1.37 bits per heavy atom. The Hall–Kier alpha value is -1.53. The fourth-order valence-corrected chi connectivity index (χ4v) is 1.58. The number of ether oxygens (including phenoxy) is 1. The molecule has 1 aromatic rings. The van der Waals surface area contributed by atoms with Gasteiger partial charge >= 0.3 is 0 Å². The summed E-state index contributed by atoms with van der Waals surface area (Å²) in [5, 5.41) is 8.60. The summed E-state index contributed by atoms with van der Waals surface area (Å²) in [6, 6.07) is 4.69. The third-order valence-electron chi connectivity index (χ3n) is 2.59. The van der Waals surface area contributed by atoms with E-state index in [9.17, 15) is 4.39 Å². The summed E-state index contributed by atoms with van der Waals surface area (Å²) in [5.41, 5.74) is 0.336. The predicted octanol–water partition coefficient (Wildman–Crippen LogP) is 3.37. The van der Waals surface area contributed by atoms with Crippen LogP contribution in [-0.4, -0.2) is 18.3 Å². The van der Waals surface area contributed by atoms with Gasteiger partial charge in [-0.2, -0.15) is 0 Å². The first-order valence-corrected chi connectivity index (χ1v) is 6.65. The molecule has 0 unspecified atom stereocenters. The van der Waals surface area contributed by atoms with Gasteiger partial charge in [0.05, 0.1) is 18.8 Å².